The van der Waals surface area contributed by atoms with Gasteiger partial charge in [-0.15, -0.1) is 0 Å². The lowest BCUT2D eigenvalue weighted by atomic mass is 10.00. The van der Waals surface area contributed by atoms with Gasteiger partial charge in [-0.2, -0.15) is 13.2 Å². The number of anilines is 1. The Morgan fingerprint density at radius 3 is 2.66 bits per heavy atom. The maximum Gasteiger partial charge on any atom is 0.416 e. The van der Waals surface area contributed by atoms with Crippen LogP contribution in [-0.2, 0) is 11.0 Å². The number of aromatic nitrogens is 3. The molecular weight excluding hydrogens is 497 g/mol. The summed E-state index contributed by atoms with van der Waals surface area (Å²) in [5.74, 6) is 1.07. The van der Waals surface area contributed by atoms with Gasteiger partial charge in [0.25, 0.3) is 0 Å². The molecule has 7 nitrogen and oxygen atoms in total. The Morgan fingerprint density at radius 1 is 1.13 bits per heavy atom. The number of hydrogen-bond acceptors (Lipinski definition) is 5. The second-order valence-corrected chi connectivity index (χ2v) is 9.12. The van der Waals surface area contributed by atoms with Gasteiger partial charge in [0.15, 0.2) is 0 Å². The molecule has 0 radical (unpaired) electrons. The number of aromatic amines is 1. The van der Waals surface area contributed by atoms with Crippen LogP contribution in [0.15, 0.2) is 61.6 Å². The number of nitrogens with zero attached hydrogens (tertiary/aromatic N) is 2. The topological polar surface area (TPSA) is 89.1 Å². The average Bonchev–Trinajstić information content (AvgIpc) is 3.64. The summed E-state index contributed by atoms with van der Waals surface area (Å²) < 4.78 is 52.4. The summed E-state index contributed by atoms with van der Waals surface area (Å²) in [4.78, 5) is 23.6. The summed E-state index contributed by atoms with van der Waals surface area (Å²) in [5.41, 5.74) is 1.80. The third kappa shape index (κ3) is 5.49. The van der Waals surface area contributed by atoms with Crippen molar-refractivity contribution in [3.05, 3.63) is 67.1 Å². The zero-order valence-electron chi connectivity index (χ0n) is 20.6. The number of ether oxygens (including phenoxy) is 2. The normalized spacial score (nSPS) is 13.4. The number of alkyl halides is 3. The Hall–Kier alpha value is -4.34. The number of pyridine rings is 2. The van der Waals surface area contributed by atoms with E-state index in [1.165, 1.54) is 32.2 Å². The van der Waals surface area contributed by atoms with Gasteiger partial charge in [0.2, 0.25) is 11.8 Å². The first-order chi connectivity index (χ1) is 18.2. The van der Waals surface area contributed by atoms with E-state index in [0.29, 0.717) is 40.8 Å². The maximum absolute atomic E-state index is 13.7. The van der Waals surface area contributed by atoms with Crippen molar-refractivity contribution in [2.45, 2.75) is 25.4 Å². The molecule has 2 N–H and O–H groups in total. The molecule has 38 heavy (non-hydrogen) atoms. The summed E-state index contributed by atoms with van der Waals surface area (Å²) >= 11 is 0. The van der Waals surface area contributed by atoms with Crippen LogP contribution in [0.3, 0.4) is 0 Å². The second kappa shape index (κ2) is 10.2. The number of methoxy groups -OCH3 is 1. The fraction of sp³-hybridized carbons (Fsp3) is 0.250. The Bertz CT molecular complexity index is 1510. The Kier molecular flexibility index (Phi) is 6.79. The Balaban J connectivity index is 1.58. The molecule has 10 heteroatoms. The predicted octanol–water partition coefficient (Wildman–Crippen LogP) is 6.62. The van der Waals surface area contributed by atoms with Crippen LogP contribution >= 0.6 is 0 Å². The molecular formula is C28H25F3N4O3. The second-order valence-electron chi connectivity index (χ2n) is 9.12. The quantitative estimate of drug-likeness (QED) is 0.241. The van der Waals surface area contributed by atoms with Gasteiger partial charge in [-0.3, -0.25) is 4.79 Å². The largest absolute Gasteiger partial charge is 0.491 e. The number of amides is 1. The number of H-pyrrole nitrogens is 1. The van der Waals surface area contributed by atoms with E-state index < -0.39 is 17.6 Å². The van der Waals surface area contributed by atoms with Crippen LogP contribution in [-0.4, -0.2) is 34.6 Å². The zero-order chi connectivity index (χ0) is 26.9. The summed E-state index contributed by atoms with van der Waals surface area (Å²) in [6.45, 7) is 3.91. The molecule has 1 fully saturated rings. The van der Waals surface area contributed by atoms with Crippen molar-refractivity contribution in [1.82, 2.24) is 15.0 Å². The highest BCUT2D eigenvalue weighted by atomic mass is 19.4. The molecule has 1 aliphatic rings. The van der Waals surface area contributed by atoms with Gasteiger partial charge in [0.1, 0.15) is 11.4 Å². The van der Waals surface area contributed by atoms with Crippen molar-refractivity contribution >= 4 is 22.6 Å². The van der Waals surface area contributed by atoms with Crippen LogP contribution in [0, 0.1) is 5.92 Å². The van der Waals surface area contributed by atoms with Gasteiger partial charge >= 0.3 is 6.18 Å². The Labute approximate surface area is 216 Å². The molecule has 0 atom stereocenters. The van der Waals surface area contributed by atoms with Crippen molar-refractivity contribution in [2.75, 3.05) is 19.0 Å². The van der Waals surface area contributed by atoms with Gasteiger partial charge in [-0.05, 0) is 48.2 Å². The van der Waals surface area contributed by atoms with E-state index in [0.717, 1.165) is 35.8 Å². The summed E-state index contributed by atoms with van der Waals surface area (Å²) in [5, 5.41) is 3.09. The number of carbonyl (C=O) groups is 1. The average molecular weight is 523 g/mol. The number of benzene rings is 1. The number of nitrogens with one attached hydrogen (secondary N) is 2. The molecule has 3 heterocycles. The van der Waals surface area contributed by atoms with Crippen molar-refractivity contribution in [3.63, 3.8) is 0 Å². The molecule has 5 rings (SSSR count). The van der Waals surface area contributed by atoms with Crippen molar-refractivity contribution in [1.29, 1.82) is 0 Å². The van der Waals surface area contributed by atoms with Crippen LogP contribution in [0.4, 0.5) is 18.9 Å². The number of hydrogen-bond donors (Lipinski definition) is 2. The van der Waals surface area contributed by atoms with E-state index >= 15 is 0 Å². The van der Waals surface area contributed by atoms with E-state index in [1.54, 1.807) is 24.5 Å². The van der Waals surface area contributed by atoms with E-state index in [-0.39, 0.29) is 11.3 Å². The highest BCUT2D eigenvalue weighted by Crippen LogP contribution is 2.40. The third-order valence-corrected chi connectivity index (χ3v) is 6.40. The third-order valence-electron chi connectivity index (χ3n) is 6.40. The lowest BCUT2D eigenvalue weighted by molar-refractivity contribution is -0.137. The fourth-order valence-electron chi connectivity index (χ4n) is 4.21. The molecule has 0 unspecified atom stereocenters. The first kappa shape index (κ1) is 25.3. The van der Waals surface area contributed by atoms with Crippen molar-refractivity contribution in [2.24, 2.45) is 5.92 Å². The van der Waals surface area contributed by atoms with Crippen molar-refractivity contribution < 1.29 is 27.4 Å². The van der Waals surface area contributed by atoms with Gasteiger partial charge < -0.3 is 19.8 Å². The predicted molar refractivity (Wildman–Crippen MR) is 138 cm³/mol. The number of fused-ring (bicyclic) bond motifs is 1. The minimum Gasteiger partial charge on any atom is -0.491 e. The SMILES string of the molecule is C=CC(=O)Nc1cc(-c2cnc3[nH]cc(-c4cc(OC)ncc4OCCC4CC4)c3c2)cc(C(F)(F)F)c1. The van der Waals surface area contributed by atoms with Crippen LogP contribution < -0.4 is 14.8 Å². The molecule has 0 aliphatic heterocycles. The number of rotatable bonds is 9. The van der Waals surface area contributed by atoms with E-state index in [1.807, 2.05) is 0 Å². The molecule has 0 spiro atoms. The molecule has 1 amide bonds. The lowest BCUT2D eigenvalue weighted by Gasteiger charge is -2.14. The molecule has 1 saturated carbocycles. The van der Waals surface area contributed by atoms with Crippen molar-refractivity contribution in [3.8, 4) is 33.9 Å². The molecule has 4 aromatic rings. The molecule has 0 saturated heterocycles. The van der Waals surface area contributed by atoms with Crippen LogP contribution in [0.5, 0.6) is 11.6 Å². The maximum atomic E-state index is 13.7. The monoisotopic (exact) mass is 522 g/mol. The van der Waals surface area contributed by atoms with Gasteiger partial charge in [-0.1, -0.05) is 19.4 Å². The standard InChI is InChI=1S/C28H25F3N4O3/c1-3-25(36)35-20-9-17(8-19(11-20)28(29,30)31)18-10-22-23(14-34-27(22)33-13-18)21-12-26(37-2)32-15-24(21)38-7-6-16-4-5-16/h3,8-16H,1,4-7H2,2H3,(H,33,34)(H,35,36). The van der Waals surface area contributed by atoms with E-state index in [2.05, 4.69) is 26.8 Å². The molecule has 3 aromatic heterocycles. The van der Waals surface area contributed by atoms with Gasteiger partial charge in [-0.25, -0.2) is 9.97 Å². The first-order valence-electron chi connectivity index (χ1n) is 12.1. The van der Waals surface area contributed by atoms with Crippen LogP contribution in [0.1, 0.15) is 24.8 Å². The van der Waals surface area contributed by atoms with Crippen LogP contribution in [0.2, 0.25) is 0 Å². The van der Waals surface area contributed by atoms with Gasteiger partial charge in [0, 0.05) is 46.2 Å². The first-order valence-corrected chi connectivity index (χ1v) is 12.1. The fourth-order valence-corrected chi connectivity index (χ4v) is 4.21. The summed E-state index contributed by atoms with van der Waals surface area (Å²) in [6.07, 6.45) is 4.66. The summed E-state index contributed by atoms with van der Waals surface area (Å²) in [6, 6.07) is 6.89. The van der Waals surface area contributed by atoms with Gasteiger partial charge in [0.05, 0.1) is 25.5 Å². The van der Waals surface area contributed by atoms with E-state index in [4.69, 9.17) is 9.47 Å². The molecule has 1 aromatic carbocycles. The van der Waals surface area contributed by atoms with Crippen LogP contribution in [0.25, 0.3) is 33.3 Å². The Morgan fingerprint density at radius 2 is 1.95 bits per heavy atom. The molecule has 1 aliphatic carbocycles. The smallest absolute Gasteiger partial charge is 0.416 e. The molecule has 196 valence electrons. The molecule has 0 bridgehead atoms. The van der Waals surface area contributed by atoms with E-state index in [9.17, 15) is 18.0 Å². The number of carbonyl (C=O) groups excluding carboxylic acids is 1. The highest BCUT2D eigenvalue weighted by molar-refractivity contribution is 6.00. The number of halogens is 3. The minimum absolute atomic E-state index is 0.000617. The minimum atomic E-state index is -4.61. The summed E-state index contributed by atoms with van der Waals surface area (Å²) in [7, 11) is 1.52. The zero-order valence-corrected chi connectivity index (χ0v) is 20.6. The lowest BCUT2D eigenvalue weighted by Crippen LogP contribution is -2.10. The highest BCUT2D eigenvalue weighted by Gasteiger charge is 2.31.